The summed E-state index contributed by atoms with van der Waals surface area (Å²) in [5, 5.41) is 6.68. The first-order valence-electron chi connectivity index (χ1n) is 8.01. The summed E-state index contributed by atoms with van der Waals surface area (Å²) in [7, 11) is 5.34. The Labute approximate surface area is 153 Å². The molecule has 2 aromatic rings. The van der Waals surface area contributed by atoms with E-state index in [1.165, 1.54) is 0 Å². The number of guanidine groups is 1. The van der Waals surface area contributed by atoms with Gasteiger partial charge < -0.3 is 15.5 Å². The van der Waals surface area contributed by atoms with Crippen molar-refractivity contribution in [2.24, 2.45) is 4.99 Å². The van der Waals surface area contributed by atoms with E-state index < -0.39 is 0 Å². The number of halogens is 1. The van der Waals surface area contributed by atoms with E-state index in [1.807, 2.05) is 60.5 Å². The van der Waals surface area contributed by atoms with Gasteiger partial charge in [0.15, 0.2) is 5.96 Å². The number of amides is 1. The van der Waals surface area contributed by atoms with Crippen LogP contribution in [0.3, 0.4) is 0 Å². The Hall–Kier alpha value is -2.53. The van der Waals surface area contributed by atoms with E-state index in [2.05, 4.69) is 15.6 Å². The highest BCUT2D eigenvalue weighted by atomic mass is 35.5. The number of benzene rings is 2. The Kier molecular flexibility index (Phi) is 6.83. The van der Waals surface area contributed by atoms with E-state index in [4.69, 9.17) is 11.6 Å². The highest BCUT2D eigenvalue weighted by Crippen LogP contribution is 2.16. The zero-order chi connectivity index (χ0) is 18.2. The van der Waals surface area contributed by atoms with Gasteiger partial charge in [0.05, 0.1) is 0 Å². The summed E-state index contributed by atoms with van der Waals surface area (Å²) in [6.07, 6.45) is 0. The molecule has 0 saturated heterocycles. The molecule has 25 heavy (non-hydrogen) atoms. The van der Waals surface area contributed by atoms with Gasteiger partial charge in [-0.25, -0.2) is 0 Å². The third kappa shape index (κ3) is 5.22. The number of hydrogen-bond acceptors (Lipinski definition) is 2. The van der Waals surface area contributed by atoms with Crippen LogP contribution in [0.25, 0.3) is 0 Å². The molecule has 0 spiro atoms. The standard InChI is InChI=1S/C19H23ClN4O/c1-21-18(25)15-10-8-14(9-11-15)12-23-19(22-2)24(3)13-16-6-4-5-7-17(16)20/h4-11H,12-13H2,1-3H3,(H,21,25)(H,22,23). The molecule has 0 aliphatic rings. The zero-order valence-electron chi connectivity index (χ0n) is 14.7. The van der Waals surface area contributed by atoms with Crippen molar-refractivity contribution < 1.29 is 4.79 Å². The monoisotopic (exact) mass is 358 g/mol. The maximum Gasteiger partial charge on any atom is 0.251 e. The van der Waals surface area contributed by atoms with Crippen LogP contribution in [-0.2, 0) is 13.1 Å². The fourth-order valence-electron chi connectivity index (χ4n) is 2.44. The summed E-state index contributed by atoms with van der Waals surface area (Å²) in [4.78, 5) is 17.9. The van der Waals surface area contributed by atoms with E-state index in [1.54, 1.807) is 14.1 Å². The first-order valence-corrected chi connectivity index (χ1v) is 8.39. The smallest absolute Gasteiger partial charge is 0.251 e. The van der Waals surface area contributed by atoms with E-state index >= 15 is 0 Å². The van der Waals surface area contributed by atoms with Gasteiger partial charge >= 0.3 is 0 Å². The largest absolute Gasteiger partial charge is 0.355 e. The molecular weight excluding hydrogens is 336 g/mol. The van der Waals surface area contributed by atoms with Gasteiger partial charge in [-0.05, 0) is 29.3 Å². The number of carbonyl (C=O) groups excluding carboxylic acids is 1. The van der Waals surface area contributed by atoms with Crippen molar-refractivity contribution in [3.8, 4) is 0 Å². The van der Waals surface area contributed by atoms with Gasteiger partial charge in [0.25, 0.3) is 5.91 Å². The molecule has 0 radical (unpaired) electrons. The van der Waals surface area contributed by atoms with Crippen molar-refractivity contribution in [3.05, 3.63) is 70.2 Å². The maximum absolute atomic E-state index is 11.6. The molecule has 2 N–H and O–H groups in total. The maximum atomic E-state index is 11.6. The van der Waals surface area contributed by atoms with Gasteiger partial charge in [0.2, 0.25) is 0 Å². The Bertz CT molecular complexity index is 743. The molecule has 0 unspecified atom stereocenters. The molecule has 0 aliphatic carbocycles. The first kappa shape index (κ1) is 18.8. The lowest BCUT2D eigenvalue weighted by atomic mass is 10.1. The predicted octanol–water partition coefficient (Wildman–Crippen LogP) is 2.91. The lowest BCUT2D eigenvalue weighted by molar-refractivity contribution is 0.0963. The van der Waals surface area contributed by atoms with Gasteiger partial charge in [0, 0.05) is 44.8 Å². The lowest BCUT2D eigenvalue weighted by Gasteiger charge is -2.22. The summed E-state index contributed by atoms with van der Waals surface area (Å²) < 4.78 is 0. The van der Waals surface area contributed by atoms with Gasteiger partial charge in [-0.3, -0.25) is 9.79 Å². The summed E-state index contributed by atoms with van der Waals surface area (Å²) >= 11 is 6.22. The Morgan fingerprint density at radius 1 is 1.16 bits per heavy atom. The van der Waals surface area contributed by atoms with Crippen molar-refractivity contribution in [2.45, 2.75) is 13.1 Å². The van der Waals surface area contributed by atoms with Crippen LogP contribution in [0.5, 0.6) is 0 Å². The second-order valence-corrected chi connectivity index (χ2v) is 6.03. The molecule has 0 fully saturated rings. The number of nitrogens with one attached hydrogen (secondary N) is 2. The average Bonchev–Trinajstić information content (AvgIpc) is 2.64. The minimum Gasteiger partial charge on any atom is -0.355 e. The second-order valence-electron chi connectivity index (χ2n) is 5.62. The summed E-state index contributed by atoms with van der Waals surface area (Å²) in [5.41, 5.74) is 2.76. The zero-order valence-corrected chi connectivity index (χ0v) is 15.5. The van der Waals surface area contributed by atoms with Gasteiger partial charge in [-0.2, -0.15) is 0 Å². The van der Waals surface area contributed by atoms with E-state index in [-0.39, 0.29) is 5.91 Å². The molecule has 0 bridgehead atoms. The fraction of sp³-hybridized carbons (Fsp3) is 0.263. The molecule has 0 atom stereocenters. The van der Waals surface area contributed by atoms with Crippen molar-refractivity contribution in [1.82, 2.24) is 15.5 Å². The van der Waals surface area contributed by atoms with Gasteiger partial charge in [0.1, 0.15) is 0 Å². The Balaban J connectivity index is 1.95. The van der Waals surface area contributed by atoms with Crippen LogP contribution in [0, 0.1) is 0 Å². The number of nitrogens with zero attached hydrogens (tertiary/aromatic N) is 2. The van der Waals surface area contributed by atoms with Crippen LogP contribution in [-0.4, -0.2) is 37.9 Å². The van der Waals surface area contributed by atoms with Crippen LogP contribution in [0.15, 0.2) is 53.5 Å². The SMILES string of the molecule is CN=C(NCc1ccc(C(=O)NC)cc1)N(C)Cc1ccccc1Cl. The molecule has 6 heteroatoms. The van der Waals surface area contributed by atoms with Gasteiger partial charge in [-0.1, -0.05) is 41.9 Å². The minimum absolute atomic E-state index is 0.0882. The van der Waals surface area contributed by atoms with Crippen LogP contribution in [0.4, 0.5) is 0 Å². The van der Waals surface area contributed by atoms with Gasteiger partial charge in [-0.15, -0.1) is 0 Å². The number of carbonyl (C=O) groups is 1. The average molecular weight is 359 g/mol. The van der Waals surface area contributed by atoms with Crippen molar-refractivity contribution in [2.75, 3.05) is 21.1 Å². The third-order valence-corrected chi connectivity index (χ3v) is 4.20. The molecule has 1 amide bonds. The lowest BCUT2D eigenvalue weighted by Crippen LogP contribution is -2.38. The van der Waals surface area contributed by atoms with E-state index in [0.717, 1.165) is 22.1 Å². The summed E-state index contributed by atoms with van der Waals surface area (Å²) in [6.45, 7) is 1.28. The van der Waals surface area contributed by atoms with Crippen LogP contribution >= 0.6 is 11.6 Å². The van der Waals surface area contributed by atoms with Crippen molar-refractivity contribution in [3.63, 3.8) is 0 Å². The third-order valence-electron chi connectivity index (χ3n) is 3.83. The topological polar surface area (TPSA) is 56.7 Å². The van der Waals surface area contributed by atoms with Crippen molar-refractivity contribution in [1.29, 1.82) is 0 Å². The van der Waals surface area contributed by atoms with E-state index in [9.17, 15) is 4.79 Å². The first-order chi connectivity index (χ1) is 12.0. The molecule has 0 saturated carbocycles. The molecule has 0 heterocycles. The highest BCUT2D eigenvalue weighted by Gasteiger charge is 2.09. The van der Waals surface area contributed by atoms with Crippen LogP contribution in [0.2, 0.25) is 5.02 Å². The number of hydrogen-bond donors (Lipinski definition) is 2. The van der Waals surface area contributed by atoms with Crippen LogP contribution in [0.1, 0.15) is 21.5 Å². The second kappa shape index (κ2) is 9.08. The highest BCUT2D eigenvalue weighted by molar-refractivity contribution is 6.31. The quantitative estimate of drug-likeness (QED) is 0.638. The Morgan fingerprint density at radius 3 is 2.44 bits per heavy atom. The van der Waals surface area contributed by atoms with E-state index in [0.29, 0.717) is 18.7 Å². The molecule has 132 valence electrons. The Morgan fingerprint density at radius 2 is 1.84 bits per heavy atom. The summed E-state index contributed by atoms with van der Waals surface area (Å²) in [6, 6.07) is 15.3. The predicted molar refractivity (Wildman–Crippen MR) is 103 cm³/mol. The van der Waals surface area contributed by atoms with Crippen molar-refractivity contribution >= 4 is 23.5 Å². The molecule has 2 aromatic carbocycles. The number of aliphatic imine (C=N–C) groups is 1. The molecule has 0 aromatic heterocycles. The summed E-state index contributed by atoms with van der Waals surface area (Å²) in [5.74, 6) is 0.685. The molecule has 0 aliphatic heterocycles. The minimum atomic E-state index is -0.0882. The molecule has 2 rings (SSSR count). The fourth-order valence-corrected chi connectivity index (χ4v) is 2.64. The molecular formula is C19H23ClN4O. The van der Waals surface area contributed by atoms with Crippen LogP contribution < -0.4 is 10.6 Å². The number of rotatable bonds is 5. The normalized spacial score (nSPS) is 11.1. The molecule has 5 nitrogen and oxygen atoms in total.